The van der Waals surface area contributed by atoms with Crippen molar-refractivity contribution in [3.63, 3.8) is 0 Å². The fourth-order valence-electron chi connectivity index (χ4n) is 4.02. The van der Waals surface area contributed by atoms with Gasteiger partial charge in [-0.15, -0.1) is 0 Å². The van der Waals surface area contributed by atoms with Crippen LogP contribution in [0.1, 0.15) is 32.1 Å². The zero-order valence-electron chi connectivity index (χ0n) is 15.0. The first-order valence-corrected chi connectivity index (χ1v) is 9.41. The van der Waals surface area contributed by atoms with Crippen molar-refractivity contribution in [3.8, 4) is 11.3 Å². The number of nitrogens with zero attached hydrogens (tertiary/aromatic N) is 4. The third-order valence-corrected chi connectivity index (χ3v) is 5.70. The van der Waals surface area contributed by atoms with Gasteiger partial charge in [0.1, 0.15) is 17.8 Å². The number of aromatic nitrogens is 4. The number of rotatable bonds is 3. The molecule has 27 heavy (non-hydrogen) atoms. The van der Waals surface area contributed by atoms with Crippen LogP contribution in [0.2, 0.25) is 0 Å². The van der Waals surface area contributed by atoms with Gasteiger partial charge in [0.15, 0.2) is 0 Å². The van der Waals surface area contributed by atoms with E-state index in [1.54, 1.807) is 24.8 Å². The summed E-state index contributed by atoms with van der Waals surface area (Å²) < 4.78 is 7.77. The van der Waals surface area contributed by atoms with Crippen molar-refractivity contribution >= 4 is 17.4 Å². The van der Waals surface area contributed by atoms with Gasteiger partial charge in [0.25, 0.3) is 0 Å². The number of carbonyl (C=O) groups is 1. The van der Waals surface area contributed by atoms with Crippen LogP contribution in [0.5, 0.6) is 0 Å². The number of anilines is 1. The van der Waals surface area contributed by atoms with Gasteiger partial charge in [-0.05, 0) is 44.2 Å². The van der Waals surface area contributed by atoms with E-state index in [-0.39, 0.29) is 17.4 Å². The fraction of sp³-hybridized carbons (Fsp3) is 0.400. The number of pyridine rings is 1. The zero-order valence-corrected chi connectivity index (χ0v) is 15.0. The Labute approximate surface area is 156 Å². The summed E-state index contributed by atoms with van der Waals surface area (Å²) in [4.78, 5) is 25.7. The summed E-state index contributed by atoms with van der Waals surface area (Å²) in [7, 11) is 0. The third-order valence-electron chi connectivity index (χ3n) is 5.70. The zero-order chi connectivity index (χ0) is 18.3. The number of ether oxygens (including phenoxy) is 1. The molecule has 4 heterocycles. The molecule has 1 unspecified atom stereocenters. The van der Waals surface area contributed by atoms with Crippen molar-refractivity contribution in [2.75, 3.05) is 11.9 Å². The molecule has 5 rings (SSSR count). The molecule has 1 saturated carbocycles. The lowest BCUT2D eigenvalue weighted by Gasteiger charge is -2.46. The van der Waals surface area contributed by atoms with Crippen LogP contribution in [0.15, 0.2) is 43.1 Å². The van der Waals surface area contributed by atoms with Gasteiger partial charge >= 0.3 is 0 Å². The maximum Gasteiger partial charge on any atom is 0.228 e. The lowest BCUT2D eigenvalue weighted by molar-refractivity contribution is -0.153. The predicted molar refractivity (Wildman–Crippen MR) is 100 cm³/mol. The number of hydrogen-bond acceptors (Lipinski definition) is 5. The maximum absolute atomic E-state index is 12.7. The highest BCUT2D eigenvalue weighted by atomic mass is 16.5. The Bertz CT molecular complexity index is 980. The lowest BCUT2D eigenvalue weighted by atomic mass is 9.72. The molecular formula is C20H21N5O2. The number of imidazole rings is 1. The van der Waals surface area contributed by atoms with Crippen molar-refractivity contribution in [2.45, 2.75) is 37.7 Å². The normalized spacial score (nSPS) is 21.1. The van der Waals surface area contributed by atoms with Crippen molar-refractivity contribution < 1.29 is 9.53 Å². The van der Waals surface area contributed by atoms with Crippen molar-refractivity contribution in [3.05, 3.63) is 43.1 Å². The van der Waals surface area contributed by atoms with Gasteiger partial charge < -0.3 is 10.1 Å². The Hall–Kier alpha value is -2.80. The van der Waals surface area contributed by atoms with Gasteiger partial charge in [0.2, 0.25) is 5.91 Å². The van der Waals surface area contributed by atoms with E-state index < -0.39 is 0 Å². The standard InChI is InChI=1S/C20H21N5O2/c26-19(15-4-9-27-20(11-15)5-1-6-20)24-17-10-18-23-16(12-25(18)13-22-17)14-2-7-21-8-3-14/h2-3,7-8,10,12-13,15H,1,4-6,9,11H2,(H,24,26). The Balaban J connectivity index is 1.33. The molecule has 1 spiro atoms. The summed E-state index contributed by atoms with van der Waals surface area (Å²) in [5, 5.41) is 2.97. The van der Waals surface area contributed by atoms with E-state index in [0.29, 0.717) is 12.4 Å². The highest BCUT2D eigenvalue weighted by molar-refractivity contribution is 5.92. The third kappa shape index (κ3) is 3.08. The molecule has 2 aliphatic rings. The Kier molecular flexibility index (Phi) is 3.89. The first-order valence-electron chi connectivity index (χ1n) is 9.41. The summed E-state index contributed by atoms with van der Waals surface area (Å²) in [6.07, 6.45) is 12.0. The van der Waals surface area contributed by atoms with Crippen LogP contribution in [-0.2, 0) is 9.53 Å². The maximum atomic E-state index is 12.7. The molecule has 1 amide bonds. The second kappa shape index (κ2) is 6.42. The van der Waals surface area contributed by atoms with E-state index in [2.05, 4.69) is 20.3 Å². The Morgan fingerprint density at radius 1 is 1.30 bits per heavy atom. The first-order chi connectivity index (χ1) is 13.2. The molecule has 1 atom stereocenters. The number of carbonyl (C=O) groups excluding carboxylic acids is 1. The molecule has 0 bridgehead atoms. The lowest BCUT2D eigenvalue weighted by Crippen LogP contribution is -2.47. The minimum absolute atomic E-state index is 0.01000. The minimum atomic E-state index is -0.0415. The van der Waals surface area contributed by atoms with E-state index >= 15 is 0 Å². The van der Waals surface area contributed by atoms with Crippen LogP contribution in [0.3, 0.4) is 0 Å². The molecule has 1 aliphatic heterocycles. The second-order valence-corrected chi connectivity index (χ2v) is 7.47. The molecule has 1 aliphatic carbocycles. The van der Waals surface area contributed by atoms with Gasteiger partial charge in [-0.2, -0.15) is 0 Å². The highest BCUT2D eigenvalue weighted by Crippen LogP contribution is 2.44. The van der Waals surface area contributed by atoms with Gasteiger partial charge in [-0.1, -0.05) is 0 Å². The molecule has 2 fully saturated rings. The molecule has 0 radical (unpaired) electrons. The van der Waals surface area contributed by atoms with Crippen molar-refractivity contribution in [1.82, 2.24) is 19.4 Å². The summed E-state index contributed by atoms with van der Waals surface area (Å²) in [5.74, 6) is 0.556. The number of fused-ring (bicyclic) bond motifs is 1. The largest absolute Gasteiger partial charge is 0.375 e. The van der Waals surface area contributed by atoms with Crippen molar-refractivity contribution in [2.24, 2.45) is 5.92 Å². The summed E-state index contributed by atoms with van der Waals surface area (Å²) >= 11 is 0. The van der Waals surface area contributed by atoms with Crippen molar-refractivity contribution in [1.29, 1.82) is 0 Å². The number of amides is 1. The number of nitrogens with one attached hydrogen (secondary N) is 1. The summed E-state index contributed by atoms with van der Waals surface area (Å²) in [5.41, 5.74) is 2.54. The monoisotopic (exact) mass is 363 g/mol. The Morgan fingerprint density at radius 3 is 2.93 bits per heavy atom. The molecule has 1 saturated heterocycles. The van der Waals surface area contributed by atoms with E-state index in [1.807, 2.05) is 22.7 Å². The molecule has 3 aromatic heterocycles. The highest BCUT2D eigenvalue weighted by Gasteiger charge is 2.44. The van der Waals surface area contributed by atoms with E-state index in [4.69, 9.17) is 4.74 Å². The van der Waals surface area contributed by atoms with Gasteiger partial charge in [0.05, 0.1) is 11.3 Å². The average Bonchev–Trinajstić information content (AvgIpc) is 3.11. The SMILES string of the molecule is O=C(Nc1cc2nc(-c3ccncc3)cn2cn1)C1CCOC2(CCC2)C1. The summed E-state index contributed by atoms with van der Waals surface area (Å²) in [6, 6.07) is 5.64. The summed E-state index contributed by atoms with van der Waals surface area (Å²) in [6.45, 7) is 0.667. The fourth-order valence-corrected chi connectivity index (χ4v) is 4.02. The van der Waals surface area contributed by atoms with Crippen LogP contribution in [0.25, 0.3) is 16.9 Å². The first kappa shape index (κ1) is 16.4. The van der Waals surface area contributed by atoms with Gasteiger partial charge in [-0.3, -0.25) is 14.2 Å². The van der Waals surface area contributed by atoms with Crippen LogP contribution < -0.4 is 5.32 Å². The van der Waals surface area contributed by atoms with E-state index in [0.717, 1.165) is 42.6 Å². The minimum Gasteiger partial charge on any atom is -0.375 e. The smallest absolute Gasteiger partial charge is 0.228 e. The van der Waals surface area contributed by atoms with Gasteiger partial charge in [0, 0.05) is 42.7 Å². The molecule has 1 N–H and O–H groups in total. The second-order valence-electron chi connectivity index (χ2n) is 7.47. The molecule has 138 valence electrons. The average molecular weight is 363 g/mol. The van der Waals surface area contributed by atoms with E-state index in [9.17, 15) is 4.79 Å². The Morgan fingerprint density at radius 2 is 2.15 bits per heavy atom. The van der Waals surface area contributed by atoms with E-state index in [1.165, 1.54) is 6.42 Å². The molecule has 0 aromatic carbocycles. The van der Waals surface area contributed by atoms with Crippen LogP contribution >= 0.6 is 0 Å². The quantitative estimate of drug-likeness (QED) is 0.773. The number of hydrogen-bond donors (Lipinski definition) is 1. The van der Waals surface area contributed by atoms with Crippen LogP contribution in [0.4, 0.5) is 5.82 Å². The molecule has 7 nitrogen and oxygen atoms in total. The van der Waals surface area contributed by atoms with Gasteiger partial charge in [-0.25, -0.2) is 9.97 Å². The predicted octanol–water partition coefficient (Wildman–Crippen LogP) is 3.08. The van der Waals surface area contributed by atoms with Crippen LogP contribution in [0, 0.1) is 5.92 Å². The molecular weight excluding hydrogens is 342 g/mol. The van der Waals surface area contributed by atoms with Crippen LogP contribution in [-0.4, -0.2) is 37.5 Å². The topological polar surface area (TPSA) is 81.4 Å². The molecule has 3 aromatic rings. The molecule has 7 heteroatoms.